The standard InChI is InChI=1S/C23H19ClN6O2/c1-15-8-9-21-16(11-15)12-17(22-26-27-28-30(21)22)13-29(14-18-5-4-10-32-18)23(31)25-20-7-3-2-6-19(20)24/h2-12H,13-14H2,1H3,(H,25,31). The van der Waals surface area contributed by atoms with Gasteiger partial charge in [0.25, 0.3) is 0 Å². The molecule has 0 aliphatic rings. The zero-order chi connectivity index (χ0) is 22.1. The third-order valence-electron chi connectivity index (χ3n) is 5.19. The quantitative estimate of drug-likeness (QED) is 0.407. The molecule has 0 unspecified atom stereocenters. The number of para-hydroxylation sites is 1. The van der Waals surface area contributed by atoms with E-state index in [0.717, 1.165) is 22.0 Å². The van der Waals surface area contributed by atoms with E-state index in [4.69, 9.17) is 16.0 Å². The van der Waals surface area contributed by atoms with Crippen LogP contribution in [-0.4, -0.2) is 31.0 Å². The van der Waals surface area contributed by atoms with Crippen molar-refractivity contribution in [2.24, 2.45) is 0 Å². The molecule has 8 nitrogen and oxygen atoms in total. The fourth-order valence-electron chi connectivity index (χ4n) is 3.65. The van der Waals surface area contributed by atoms with E-state index in [1.165, 1.54) is 0 Å². The molecule has 3 heterocycles. The lowest BCUT2D eigenvalue weighted by atomic mass is 10.1. The van der Waals surface area contributed by atoms with Gasteiger partial charge in [0.1, 0.15) is 5.76 Å². The van der Waals surface area contributed by atoms with Crippen molar-refractivity contribution < 1.29 is 9.21 Å². The van der Waals surface area contributed by atoms with Crippen molar-refractivity contribution in [2.45, 2.75) is 20.0 Å². The molecule has 0 spiro atoms. The Morgan fingerprint density at radius 2 is 2.00 bits per heavy atom. The number of hydrogen-bond acceptors (Lipinski definition) is 5. The summed E-state index contributed by atoms with van der Waals surface area (Å²) >= 11 is 6.24. The largest absolute Gasteiger partial charge is 0.467 e. The van der Waals surface area contributed by atoms with E-state index >= 15 is 0 Å². The van der Waals surface area contributed by atoms with Crippen LogP contribution in [0.15, 0.2) is 71.3 Å². The first kappa shape index (κ1) is 20.0. The Morgan fingerprint density at radius 1 is 1.12 bits per heavy atom. The first-order valence-corrected chi connectivity index (χ1v) is 10.4. The number of nitrogens with zero attached hydrogens (tertiary/aromatic N) is 5. The number of tetrazole rings is 1. The molecule has 0 fully saturated rings. The molecule has 0 saturated heterocycles. The van der Waals surface area contributed by atoms with Crippen LogP contribution in [0.3, 0.4) is 0 Å². The van der Waals surface area contributed by atoms with Crippen molar-refractivity contribution in [3.05, 3.63) is 88.8 Å². The predicted octanol–water partition coefficient (Wildman–Crippen LogP) is 5.07. The molecule has 5 rings (SSSR count). The molecule has 0 saturated carbocycles. The lowest BCUT2D eigenvalue weighted by Crippen LogP contribution is -2.34. The molecule has 9 heteroatoms. The van der Waals surface area contributed by atoms with Crippen LogP contribution in [0.1, 0.15) is 16.9 Å². The summed E-state index contributed by atoms with van der Waals surface area (Å²) in [5.41, 5.74) is 3.97. The number of furan rings is 1. The Hall–Kier alpha value is -3.91. The van der Waals surface area contributed by atoms with Gasteiger partial charge in [0.2, 0.25) is 0 Å². The van der Waals surface area contributed by atoms with Crippen LogP contribution < -0.4 is 5.32 Å². The summed E-state index contributed by atoms with van der Waals surface area (Å²) in [6.45, 7) is 2.57. The van der Waals surface area contributed by atoms with Crippen LogP contribution >= 0.6 is 11.6 Å². The molecule has 0 bridgehead atoms. The summed E-state index contributed by atoms with van der Waals surface area (Å²) < 4.78 is 7.19. The van der Waals surface area contributed by atoms with E-state index < -0.39 is 0 Å². The average Bonchev–Trinajstić information content (AvgIpc) is 3.47. The molecule has 0 atom stereocenters. The van der Waals surface area contributed by atoms with Gasteiger partial charge in [-0.15, -0.1) is 5.10 Å². The number of hydrogen-bond donors (Lipinski definition) is 1. The van der Waals surface area contributed by atoms with Crippen molar-refractivity contribution in [1.82, 2.24) is 24.9 Å². The Bertz CT molecular complexity index is 1410. The van der Waals surface area contributed by atoms with Gasteiger partial charge in [-0.25, -0.2) is 4.79 Å². The Morgan fingerprint density at radius 3 is 2.81 bits per heavy atom. The third kappa shape index (κ3) is 3.88. The van der Waals surface area contributed by atoms with Crippen LogP contribution in [0.5, 0.6) is 0 Å². The lowest BCUT2D eigenvalue weighted by Gasteiger charge is -2.23. The number of benzene rings is 2. The molecular formula is C23H19ClN6O2. The van der Waals surface area contributed by atoms with Gasteiger partial charge in [-0.3, -0.25) is 0 Å². The number of rotatable bonds is 5. The Labute approximate surface area is 188 Å². The van der Waals surface area contributed by atoms with Gasteiger partial charge >= 0.3 is 6.03 Å². The zero-order valence-electron chi connectivity index (χ0n) is 17.2. The number of aromatic nitrogens is 4. The second-order valence-corrected chi connectivity index (χ2v) is 7.90. The maximum atomic E-state index is 13.2. The highest BCUT2D eigenvalue weighted by Crippen LogP contribution is 2.24. The highest BCUT2D eigenvalue weighted by Gasteiger charge is 2.20. The third-order valence-corrected chi connectivity index (χ3v) is 5.52. The Kier molecular flexibility index (Phi) is 5.20. The minimum Gasteiger partial charge on any atom is -0.467 e. The molecular weight excluding hydrogens is 428 g/mol. The minimum absolute atomic E-state index is 0.267. The number of urea groups is 1. The van der Waals surface area contributed by atoms with Crippen molar-refractivity contribution >= 4 is 39.9 Å². The van der Waals surface area contributed by atoms with Crippen LogP contribution in [0.2, 0.25) is 5.02 Å². The van der Waals surface area contributed by atoms with Crippen molar-refractivity contribution in [1.29, 1.82) is 0 Å². The molecule has 3 aromatic heterocycles. The fraction of sp³-hybridized carbons (Fsp3) is 0.130. The minimum atomic E-state index is -0.315. The summed E-state index contributed by atoms with van der Waals surface area (Å²) in [7, 11) is 0. The lowest BCUT2D eigenvalue weighted by molar-refractivity contribution is 0.201. The van der Waals surface area contributed by atoms with Gasteiger partial charge in [0.15, 0.2) is 5.65 Å². The normalized spacial score (nSPS) is 11.2. The number of fused-ring (bicyclic) bond motifs is 3. The number of carbonyl (C=O) groups is 1. The van der Waals surface area contributed by atoms with Crippen molar-refractivity contribution in [3.8, 4) is 0 Å². The van der Waals surface area contributed by atoms with Gasteiger partial charge in [-0.2, -0.15) is 4.52 Å². The first-order valence-electron chi connectivity index (χ1n) is 10.0. The highest BCUT2D eigenvalue weighted by atomic mass is 35.5. The van der Waals surface area contributed by atoms with E-state index in [-0.39, 0.29) is 19.1 Å². The van der Waals surface area contributed by atoms with Crippen LogP contribution in [0, 0.1) is 6.92 Å². The molecule has 160 valence electrons. The van der Waals surface area contributed by atoms with E-state index in [0.29, 0.717) is 22.1 Å². The van der Waals surface area contributed by atoms with E-state index in [2.05, 4.69) is 26.9 Å². The molecule has 5 aromatic rings. The highest BCUT2D eigenvalue weighted by molar-refractivity contribution is 6.33. The van der Waals surface area contributed by atoms with Crippen LogP contribution in [0.4, 0.5) is 10.5 Å². The molecule has 2 aromatic carbocycles. The second-order valence-electron chi connectivity index (χ2n) is 7.49. The van der Waals surface area contributed by atoms with Crippen molar-refractivity contribution in [3.63, 3.8) is 0 Å². The molecule has 0 aliphatic carbocycles. The number of pyridine rings is 1. The van der Waals surface area contributed by atoms with Gasteiger partial charge in [0.05, 0.1) is 35.6 Å². The fourth-order valence-corrected chi connectivity index (χ4v) is 3.84. The molecule has 1 N–H and O–H groups in total. The topological polar surface area (TPSA) is 88.6 Å². The number of carbonyl (C=O) groups excluding carboxylic acids is 1. The van der Waals surface area contributed by atoms with E-state index in [1.54, 1.807) is 33.9 Å². The SMILES string of the molecule is Cc1ccc2c(c1)cc(CN(Cc1ccco1)C(=O)Nc1ccccc1Cl)c1nnnn12. The van der Waals surface area contributed by atoms with Crippen molar-refractivity contribution in [2.75, 3.05) is 5.32 Å². The molecule has 32 heavy (non-hydrogen) atoms. The zero-order valence-corrected chi connectivity index (χ0v) is 18.0. The van der Waals surface area contributed by atoms with E-state index in [9.17, 15) is 4.79 Å². The van der Waals surface area contributed by atoms with Gasteiger partial charge < -0.3 is 14.6 Å². The second kappa shape index (κ2) is 8.32. The molecule has 2 amide bonds. The first-order chi connectivity index (χ1) is 15.6. The maximum Gasteiger partial charge on any atom is 0.322 e. The predicted molar refractivity (Wildman–Crippen MR) is 121 cm³/mol. The number of anilines is 1. The smallest absolute Gasteiger partial charge is 0.322 e. The van der Waals surface area contributed by atoms with Gasteiger partial charge in [0, 0.05) is 10.9 Å². The maximum absolute atomic E-state index is 13.2. The monoisotopic (exact) mass is 446 g/mol. The summed E-state index contributed by atoms with van der Waals surface area (Å²) in [5, 5.41) is 16.5. The molecule has 0 radical (unpaired) electrons. The summed E-state index contributed by atoms with van der Waals surface area (Å²) in [6, 6.07) is 18.5. The van der Waals surface area contributed by atoms with Crippen LogP contribution in [0.25, 0.3) is 16.6 Å². The average molecular weight is 447 g/mol. The Balaban J connectivity index is 1.53. The number of nitrogens with one attached hydrogen (secondary N) is 1. The summed E-state index contributed by atoms with van der Waals surface area (Å²) in [6.07, 6.45) is 1.58. The summed E-state index contributed by atoms with van der Waals surface area (Å²) in [5.74, 6) is 0.659. The van der Waals surface area contributed by atoms with E-state index in [1.807, 2.05) is 43.3 Å². The van der Waals surface area contributed by atoms with Crippen LogP contribution in [-0.2, 0) is 13.1 Å². The van der Waals surface area contributed by atoms with Gasteiger partial charge in [-0.1, -0.05) is 35.4 Å². The number of amides is 2. The van der Waals surface area contributed by atoms with Gasteiger partial charge in [-0.05, 0) is 59.8 Å². The number of halogens is 1. The number of aryl methyl sites for hydroxylation is 1. The molecule has 0 aliphatic heterocycles. The summed E-state index contributed by atoms with van der Waals surface area (Å²) in [4.78, 5) is 14.9.